The average molecular weight is 316 g/mol. The Morgan fingerprint density at radius 1 is 1.46 bits per heavy atom. The van der Waals surface area contributed by atoms with E-state index in [4.69, 9.17) is 0 Å². The molecule has 0 saturated carbocycles. The van der Waals surface area contributed by atoms with Crippen molar-refractivity contribution in [3.8, 4) is 0 Å². The Morgan fingerprint density at radius 3 is 2.46 bits per heavy atom. The summed E-state index contributed by atoms with van der Waals surface area (Å²) in [6.07, 6.45) is 5.10. The van der Waals surface area contributed by atoms with E-state index in [0.29, 0.717) is 0 Å². The number of halogens is 1. The zero-order valence-corrected chi connectivity index (χ0v) is 10.6. The van der Waals surface area contributed by atoms with Gasteiger partial charge in [0.05, 0.1) is 0 Å². The minimum absolute atomic E-state index is 0.190. The lowest BCUT2D eigenvalue weighted by atomic mass is 10.2. The summed E-state index contributed by atoms with van der Waals surface area (Å²) >= 11 is 2.41. The zero-order valence-electron chi connectivity index (χ0n) is 7.59. The molecule has 1 rings (SSSR count). The lowest BCUT2D eigenvalue weighted by Crippen LogP contribution is -2.30. The predicted octanol–water partition coefficient (Wildman–Crippen LogP) is 0.999. The van der Waals surface area contributed by atoms with Crippen molar-refractivity contribution in [3.63, 3.8) is 0 Å². The lowest BCUT2D eigenvalue weighted by molar-refractivity contribution is -0.120. The van der Waals surface area contributed by atoms with Crippen LogP contribution in [0, 0.1) is 0 Å². The maximum atomic E-state index is 11.1. The van der Waals surface area contributed by atoms with Gasteiger partial charge in [0.1, 0.15) is 6.04 Å². The predicted molar refractivity (Wildman–Crippen MR) is 63.4 cm³/mol. The summed E-state index contributed by atoms with van der Waals surface area (Å²) in [5.74, 6) is 0.802. The number of hydrogen-bond acceptors (Lipinski definition) is 2. The van der Waals surface area contributed by atoms with Crippen LogP contribution >= 0.6 is 28.4 Å². The Kier molecular flexibility index (Phi) is 3.44. The van der Waals surface area contributed by atoms with Crippen LogP contribution in [0.4, 0.5) is 4.79 Å². The summed E-state index contributed by atoms with van der Waals surface area (Å²) in [6, 6.07) is -0.676. The van der Waals surface area contributed by atoms with E-state index >= 15 is 0 Å². The largest absolute Gasteiger partial charge is 0.326 e. The highest BCUT2D eigenvalue weighted by Gasteiger charge is 2.29. The summed E-state index contributed by atoms with van der Waals surface area (Å²) in [6.45, 7) is 0. The minimum Gasteiger partial charge on any atom is -0.326 e. The van der Waals surface area contributed by atoms with Gasteiger partial charge in [0.2, 0.25) is 0 Å². The number of amides is 3. The van der Waals surface area contributed by atoms with E-state index in [9.17, 15) is 9.59 Å². The maximum Gasteiger partial charge on any atom is 0.322 e. The highest BCUT2D eigenvalue weighted by atomic mass is 127. The lowest BCUT2D eigenvalue weighted by Gasteiger charge is -2.23. The van der Waals surface area contributed by atoms with Gasteiger partial charge in [-0.05, 0) is 45.9 Å². The van der Waals surface area contributed by atoms with Gasteiger partial charge >= 0.3 is 6.03 Å². The second kappa shape index (κ2) is 4.04. The zero-order chi connectivity index (χ0) is 10.1. The van der Waals surface area contributed by atoms with E-state index in [0.717, 1.165) is 12.2 Å². The molecule has 2 N–H and O–H groups in total. The summed E-state index contributed by atoms with van der Waals surface area (Å²) in [5.41, 5.74) is 0. The second-order valence-electron chi connectivity index (χ2n) is 3.41. The van der Waals surface area contributed by atoms with E-state index in [1.165, 1.54) is 0 Å². The third kappa shape index (κ3) is 3.72. The van der Waals surface area contributed by atoms with Crippen molar-refractivity contribution in [2.45, 2.75) is 12.5 Å². The Morgan fingerprint density at radius 2 is 2.08 bits per heavy atom. The first-order valence-electron chi connectivity index (χ1n) is 3.90. The van der Waals surface area contributed by atoms with Crippen LogP contribution in [0.3, 0.4) is 0 Å². The van der Waals surface area contributed by atoms with Crippen molar-refractivity contribution in [1.29, 1.82) is 0 Å². The van der Waals surface area contributed by atoms with Gasteiger partial charge in [-0.2, -0.15) is 7.20 Å². The second-order valence-corrected chi connectivity index (χ2v) is 13.8. The van der Waals surface area contributed by atoms with Crippen LogP contribution in [0.5, 0.6) is 0 Å². The fourth-order valence-electron chi connectivity index (χ4n) is 1.06. The van der Waals surface area contributed by atoms with Gasteiger partial charge < -0.3 is 5.32 Å². The van der Waals surface area contributed by atoms with Gasteiger partial charge in [-0.1, -0.05) is 0 Å². The Labute approximate surface area is 91.1 Å². The van der Waals surface area contributed by atoms with E-state index in [-0.39, 0.29) is 18.0 Å². The van der Waals surface area contributed by atoms with Crippen molar-refractivity contribution in [2.75, 3.05) is 18.3 Å². The Hall–Kier alpha value is 0.0200. The van der Waals surface area contributed by atoms with Crippen LogP contribution in [0.1, 0.15) is 6.42 Å². The summed E-state index contributed by atoms with van der Waals surface area (Å²) in [7, 11) is -0.614. The molecule has 0 aliphatic carbocycles. The molecule has 0 aromatic carbocycles. The standard InChI is InChI=1S/C7H13IN2O2S/c1-13(2,8)4-3-5-6(11)10-7(12)9-5/h5H,3-4H2,1-2H3,(H2,9,10,11,12). The van der Waals surface area contributed by atoms with E-state index in [2.05, 4.69) is 44.4 Å². The molecule has 3 amide bonds. The fourth-order valence-corrected chi connectivity index (χ4v) is 2.62. The third-order valence-corrected chi connectivity index (χ3v) is 4.28. The number of nitrogens with one attached hydrogen (secondary N) is 2. The van der Waals surface area contributed by atoms with Gasteiger partial charge in [-0.3, -0.25) is 10.1 Å². The number of carbonyl (C=O) groups is 2. The van der Waals surface area contributed by atoms with Crippen LogP contribution < -0.4 is 10.6 Å². The normalized spacial score (nSPS) is 24.1. The highest BCUT2D eigenvalue weighted by Crippen LogP contribution is 2.49. The summed E-state index contributed by atoms with van der Waals surface area (Å²) in [4.78, 5) is 21.9. The first kappa shape index (κ1) is 11.1. The van der Waals surface area contributed by atoms with E-state index in [1.807, 2.05) is 0 Å². The maximum absolute atomic E-state index is 11.1. The summed E-state index contributed by atoms with van der Waals surface area (Å²) < 4.78 is 0. The van der Waals surface area contributed by atoms with Crippen LogP contribution in [-0.4, -0.2) is 36.2 Å². The molecule has 1 aliphatic rings. The quantitative estimate of drug-likeness (QED) is 0.603. The van der Waals surface area contributed by atoms with Crippen LogP contribution in [0.15, 0.2) is 0 Å². The Balaban J connectivity index is 2.38. The fraction of sp³-hybridized carbons (Fsp3) is 0.714. The van der Waals surface area contributed by atoms with Crippen molar-refractivity contribution in [1.82, 2.24) is 10.6 Å². The molecule has 0 aromatic heterocycles. The van der Waals surface area contributed by atoms with Crippen LogP contribution in [0.25, 0.3) is 0 Å². The number of urea groups is 1. The monoisotopic (exact) mass is 316 g/mol. The molecular formula is C7H13IN2O2S. The van der Waals surface area contributed by atoms with Crippen LogP contribution in [-0.2, 0) is 4.79 Å². The molecule has 1 heterocycles. The molecule has 4 nitrogen and oxygen atoms in total. The molecule has 0 spiro atoms. The molecule has 0 aromatic rings. The van der Waals surface area contributed by atoms with Gasteiger partial charge in [0.15, 0.2) is 0 Å². The molecule has 1 saturated heterocycles. The molecular weight excluding hydrogens is 303 g/mol. The molecule has 13 heavy (non-hydrogen) atoms. The molecule has 1 fully saturated rings. The van der Waals surface area contributed by atoms with Gasteiger partial charge in [-0.15, -0.1) is 0 Å². The van der Waals surface area contributed by atoms with Crippen molar-refractivity contribution < 1.29 is 9.59 Å². The highest BCUT2D eigenvalue weighted by molar-refractivity contribution is 14.2. The van der Waals surface area contributed by atoms with E-state index in [1.54, 1.807) is 0 Å². The first-order valence-corrected chi connectivity index (χ1v) is 9.06. The number of hydrogen-bond donors (Lipinski definition) is 2. The Bertz CT molecular complexity index is 239. The van der Waals surface area contributed by atoms with Gasteiger partial charge in [0, 0.05) is 0 Å². The molecule has 1 unspecified atom stereocenters. The molecule has 1 atom stereocenters. The smallest absolute Gasteiger partial charge is 0.322 e. The molecule has 6 heteroatoms. The van der Waals surface area contributed by atoms with E-state index < -0.39 is 7.20 Å². The molecule has 1 aliphatic heterocycles. The van der Waals surface area contributed by atoms with Gasteiger partial charge in [-0.25, -0.2) is 4.79 Å². The van der Waals surface area contributed by atoms with Crippen molar-refractivity contribution in [2.24, 2.45) is 0 Å². The number of imide groups is 1. The van der Waals surface area contributed by atoms with Crippen molar-refractivity contribution >= 4 is 40.3 Å². The van der Waals surface area contributed by atoms with Crippen LogP contribution in [0.2, 0.25) is 0 Å². The third-order valence-electron chi connectivity index (χ3n) is 1.75. The van der Waals surface area contributed by atoms with Gasteiger partial charge in [0.25, 0.3) is 5.91 Å². The SMILES string of the molecule is CS(C)(I)CCC1NC(=O)NC1=O. The molecule has 76 valence electrons. The first-order chi connectivity index (χ1) is 5.88. The van der Waals surface area contributed by atoms with Crippen molar-refractivity contribution in [3.05, 3.63) is 0 Å². The average Bonchev–Trinajstić information content (AvgIpc) is 2.24. The topological polar surface area (TPSA) is 58.2 Å². The minimum atomic E-state index is -0.614. The summed E-state index contributed by atoms with van der Waals surface area (Å²) in [5, 5.41) is 4.81. The molecule has 0 radical (unpaired) electrons. The number of rotatable bonds is 3. The molecule has 0 bridgehead atoms. The number of carbonyl (C=O) groups excluding carboxylic acids is 2.